The predicted octanol–water partition coefficient (Wildman–Crippen LogP) is 2.49. The number of amides is 1. The van der Waals surface area contributed by atoms with Gasteiger partial charge in [0.2, 0.25) is 5.56 Å². The van der Waals surface area contributed by atoms with Gasteiger partial charge in [0.15, 0.2) is 0 Å². The third-order valence-corrected chi connectivity index (χ3v) is 5.21. The van der Waals surface area contributed by atoms with E-state index in [2.05, 4.69) is 20.9 Å². The molecule has 6 heteroatoms. The molecular formula is C17H20BrN3O2. The molecule has 2 atom stereocenters. The van der Waals surface area contributed by atoms with Crippen molar-refractivity contribution in [3.8, 4) is 0 Å². The molecule has 122 valence electrons. The third-order valence-electron chi connectivity index (χ3n) is 4.55. The fraction of sp³-hybridized carbons (Fsp3) is 0.412. The van der Waals surface area contributed by atoms with E-state index in [9.17, 15) is 9.59 Å². The number of aromatic amines is 1. The van der Waals surface area contributed by atoms with Gasteiger partial charge in [0.05, 0.1) is 11.1 Å². The molecule has 0 saturated carbocycles. The van der Waals surface area contributed by atoms with Crippen molar-refractivity contribution in [1.29, 1.82) is 0 Å². The molecule has 1 fully saturated rings. The molecule has 0 aliphatic carbocycles. The fourth-order valence-corrected chi connectivity index (χ4v) is 3.68. The maximum Gasteiger partial charge on any atom is 0.254 e. The van der Waals surface area contributed by atoms with Crippen LogP contribution in [0.4, 0.5) is 0 Å². The first-order valence-corrected chi connectivity index (χ1v) is 8.63. The van der Waals surface area contributed by atoms with E-state index in [0.717, 1.165) is 22.7 Å². The zero-order valence-corrected chi connectivity index (χ0v) is 14.6. The Morgan fingerprint density at radius 3 is 3.00 bits per heavy atom. The number of nitrogens with two attached hydrogens (primary N) is 1. The first-order chi connectivity index (χ1) is 11.0. The molecule has 5 nitrogen and oxygen atoms in total. The van der Waals surface area contributed by atoms with E-state index in [-0.39, 0.29) is 17.5 Å². The van der Waals surface area contributed by atoms with Gasteiger partial charge in [0.1, 0.15) is 0 Å². The van der Waals surface area contributed by atoms with Crippen LogP contribution < -0.4 is 11.3 Å². The number of hydrogen-bond donors (Lipinski definition) is 2. The number of piperidine rings is 1. The molecule has 2 aromatic rings. The summed E-state index contributed by atoms with van der Waals surface area (Å²) in [7, 11) is 0. The molecule has 0 radical (unpaired) electrons. The number of fused-ring (bicyclic) bond motifs is 1. The van der Waals surface area contributed by atoms with E-state index in [1.165, 1.54) is 6.07 Å². The second-order valence-corrected chi connectivity index (χ2v) is 7.08. The van der Waals surface area contributed by atoms with Crippen molar-refractivity contribution in [3.63, 3.8) is 0 Å². The highest BCUT2D eigenvalue weighted by Gasteiger charge is 2.27. The van der Waals surface area contributed by atoms with Crippen LogP contribution in [0.3, 0.4) is 0 Å². The number of carbonyl (C=O) groups excluding carboxylic acids is 1. The predicted molar refractivity (Wildman–Crippen MR) is 94.5 cm³/mol. The number of halogens is 1. The summed E-state index contributed by atoms with van der Waals surface area (Å²) in [5.41, 5.74) is 6.84. The van der Waals surface area contributed by atoms with Gasteiger partial charge < -0.3 is 15.6 Å². The van der Waals surface area contributed by atoms with Crippen LogP contribution in [0.2, 0.25) is 0 Å². The molecule has 1 saturated heterocycles. The largest absolute Gasteiger partial charge is 0.338 e. The summed E-state index contributed by atoms with van der Waals surface area (Å²) in [6.45, 7) is 3.35. The van der Waals surface area contributed by atoms with Gasteiger partial charge in [0, 0.05) is 35.1 Å². The van der Waals surface area contributed by atoms with Gasteiger partial charge in [-0.25, -0.2) is 0 Å². The number of rotatable bonds is 2. The van der Waals surface area contributed by atoms with Gasteiger partial charge in [-0.05, 0) is 47.7 Å². The van der Waals surface area contributed by atoms with Crippen LogP contribution in [0.15, 0.2) is 33.5 Å². The zero-order chi connectivity index (χ0) is 16.6. The van der Waals surface area contributed by atoms with Crippen LogP contribution >= 0.6 is 15.9 Å². The van der Waals surface area contributed by atoms with Crippen molar-refractivity contribution in [3.05, 3.63) is 44.7 Å². The Hall–Kier alpha value is -1.66. The minimum atomic E-state index is -0.270. The Bertz CT molecular complexity index is 800. The molecule has 3 rings (SSSR count). The topological polar surface area (TPSA) is 79.2 Å². The van der Waals surface area contributed by atoms with E-state index in [1.807, 2.05) is 30.0 Å². The smallest absolute Gasteiger partial charge is 0.254 e. The van der Waals surface area contributed by atoms with Gasteiger partial charge in [0.25, 0.3) is 5.91 Å². The average Bonchev–Trinajstić information content (AvgIpc) is 2.54. The second-order valence-electron chi connectivity index (χ2n) is 6.22. The molecule has 1 aliphatic heterocycles. The number of aromatic nitrogens is 1. The SMILES string of the molecule is C[C@@H](N)[C@H]1CCCN(C(=O)c2cc(=O)[nH]c3c(Br)cccc23)C1. The summed E-state index contributed by atoms with van der Waals surface area (Å²) in [6.07, 6.45) is 1.99. The number of nitrogens with one attached hydrogen (secondary N) is 1. The normalized spacial score (nSPS) is 19.8. The van der Waals surface area contributed by atoms with Crippen molar-refractivity contribution in [2.45, 2.75) is 25.8 Å². The molecule has 1 aromatic carbocycles. The van der Waals surface area contributed by atoms with Crippen LogP contribution in [-0.2, 0) is 0 Å². The molecular weight excluding hydrogens is 358 g/mol. The summed E-state index contributed by atoms with van der Waals surface area (Å²) in [4.78, 5) is 29.5. The van der Waals surface area contributed by atoms with Crippen molar-refractivity contribution in [2.75, 3.05) is 13.1 Å². The summed E-state index contributed by atoms with van der Waals surface area (Å²) in [5.74, 6) is 0.220. The van der Waals surface area contributed by atoms with Gasteiger partial charge in [-0.3, -0.25) is 9.59 Å². The number of likely N-dealkylation sites (tertiary alicyclic amines) is 1. The maximum absolute atomic E-state index is 13.0. The molecule has 0 bridgehead atoms. The Morgan fingerprint density at radius 2 is 2.26 bits per heavy atom. The van der Waals surface area contributed by atoms with E-state index in [1.54, 1.807) is 0 Å². The Morgan fingerprint density at radius 1 is 1.48 bits per heavy atom. The maximum atomic E-state index is 13.0. The molecule has 1 amide bonds. The van der Waals surface area contributed by atoms with Crippen LogP contribution in [0.1, 0.15) is 30.1 Å². The van der Waals surface area contributed by atoms with E-state index < -0.39 is 0 Å². The first kappa shape index (κ1) is 16.2. The highest BCUT2D eigenvalue weighted by Crippen LogP contribution is 2.26. The lowest BCUT2D eigenvalue weighted by atomic mass is 9.91. The number of para-hydroxylation sites is 1. The highest BCUT2D eigenvalue weighted by molar-refractivity contribution is 9.10. The summed E-state index contributed by atoms with van der Waals surface area (Å²) < 4.78 is 0.772. The summed E-state index contributed by atoms with van der Waals surface area (Å²) in [6, 6.07) is 7.03. The summed E-state index contributed by atoms with van der Waals surface area (Å²) in [5, 5.41) is 0.756. The Balaban J connectivity index is 2.01. The van der Waals surface area contributed by atoms with Crippen LogP contribution in [0.25, 0.3) is 10.9 Å². The van der Waals surface area contributed by atoms with Crippen molar-refractivity contribution in [2.24, 2.45) is 11.7 Å². The number of benzene rings is 1. The molecule has 23 heavy (non-hydrogen) atoms. The lowest BCUT2D eigenvalue weighted by Gasteiger charge is -2.34. The molecule has 1 aliphatic rings. The van der Waals surface area contributed by atoms with Gasteiger partial charge in [-0.15, -0.1) is 0 Å². The fourth-order valence-electron chi connectivity index (χ4n) is 3.21. The Labute approximate surface area is 143 Å². The molecule has 3 N–H and O–H groups in total. The third kappa shape index (κ3) is 3.19. The highest BCUT2D eigenvalue weighted by atomic mass is 79.9. The number of carbonyl (C=O) groups is 1. The number of H-pyrrole nitrogens is 1. The van der Waals surface area contributed by atoms with Gasteiger partial charge in [-0.1, -0.05) is 12.1 Å². The van der Waals surface area contributed by atoms with Crippen molar-refractivity contribution in [1.82, 2.24) is 9.88 Å². The minimum absolute atomic E-state index is 0.0654. The molecule has 2 heterocycles. The average molecular weight is 378 g/mol. The van der Waals surface area contributed by atoms with Crippen LogP contribution in [0.5, 0.6) is 0 Å². The zero-order valence-electron chi connectivity index (χ0n) is 13.0. The van der Waals surface area contributed by atoms with Crippen molar-refractivity contribution >= 4 is 32.7 Å². The van der Waals surface area contributed by atoms with Crippen LogP contribution in [0, 0.1) is 5.92 Å². The lowest BCUT2D eigenvalue weighted by molar-refractivity contribution is 0.0663. The van der Waals surface area contributed by atoms with Gasteiger partial charge in [-0.2, -0.15) is 0 Å². The molecule has 1 aromatic heterocycles. The van der Waals surface area contributed by atoms with E-state index >= 15 is 0 Å². The quantitative estimate of drug-likeness (QED) is 0.843. The standard InChI is InChI=1S/C17H20BrN3O2/c1-10(19)11-4-3-7-21(9-11)17(23)13-8-15(22)20-16-12(13)5-2-6-14(16)18/h2,5-6,8,10-11H,3-4,7,9,19H2,1H3,(H,20,22)/t10-,11+/m1/s1. The summed E-state index contributed by atoms with van der Waals surface area (Å²) >= 11 is 3.43. The lowest BCUT2D eigenvalue weighted by Crippen LogP contribution is -2.45. The van der Waals surface area contributed by atoms with E-state index in [0.29, 0.717) is 30.1 Å². The van der Waals surface area contributed by atoms with Crippen LogP contribution in [-0.4, -0.2) is 34.9 Å². The van der Waals surface area contributed by atoms with E-state index in [4.69, 9.17) is 5.73 Å². The second kappa shape index (κ2) is 6.45. The molecule has 0 spiro atoms. The number of hydrogen-bond acceptors (Lipinski definition) is 3. The van der Waals surface area contributed by atoms with Gasteiger partial charge >= 0.3 is 0 Å². The minimum Gasteiger partial charge on any atom is -0.338 e. The van der Waals surface area contributed by atoms with Crippen molar-refractivity contribution < 1.29 is 4.79 Å². The monoisotopic (exact) mass is 377 g/mol. The molecule has 0 unspecified atom stereocenters. The number of pyridine rings is 1. The first-order valence-electron chi connectivity index (χ1n) is 7.84. The Kier molecular flexibility index (Phi) is 4.55. The number of nitrogens with zero attached hydrogens (tertiary/aromatic N) is 1.